The Morgan fingerprint density at radius 2 is 1.93 bits per heavy atom. The Kier molecular flexibility index (Phi) is 4.96. The number of aromatic nitrogens is 4. The molecule has 0 bridgehead atoms. The zero-order chi connectivity index (χ0) is 20.4. The lowest BCUT2D eigenvalue weighted by molar-refractivity contribution is 0.529. The molecular formula is C21H21N7O. The van der Waals surface area contributed by atoms with Crippen molar-refractivity contribution in [1.29, 1.82) is 0 Å². The Bertz CT molecular complexity index is 1100. The van der Waals surface area contributed by atoms with E-state index in [2.05, 4.69) is 31.5 Å². The van der Waals surface area contributed by atoms with Crippen molar-refractivity contribution >= 4 is 17.3 Å². The second-order valence-corrected chi connectivity index (χ2v) is 7.05. The van der Waals surface area contributed by atoms with E-state index in [1.54, 1.807) is 23.9 Å². The number of benzene rings is 1. The quantitative estimate of drug-likeness (QED) is 0.643. The summed E-state index contributed by atoms with van der Waals surface area (Å²) < 4.78 is 1.58. The van der Waals surface area contributed by atoms with Gasteiger partial charge in [-0.2, -0.15) is 0 Å². The Hall–Kier alpha value is -3.73. The maximum Gasteiger partial charge on any atom is 0.255 e. The van der Waals surface area contributed by atoms with Crippen LogP contribution >= 0.6 is 0 Å². The minimum Gasteiger partial charge on any atom is -0.368 e. The fraction of sp³-hybridized carbons (Fsp3) is 0.286. The van der Waals surface area contributed by atoms with Crippen LogP contribution in [0.4, 0.5) is 17.3 Å². The first-order valence-electron chi connectivity index (χ1n) is 9.40. The number of hydrogen-bond donors (Lipinski definition) is 0. The molecule has 8 nitrogen and oxygen atoms in total. The van der Waals surface area contributed by atoms with E-state index in [9.17, 15) is 4.79 Å². The van der Waals surface area contributed by atoms with Gasteiger partial charge < -0.3 is 9.80 Å². The standard InChI is InChI=1S/C21H21N7O/c1-15-13-27(17-6-4-16(22-2)5-7-17)10-11-28(15)21-25-19(12-20(29)26(21)3)18-8-9-23-14-24-18/h4-9,12,14-15H,10-11,13H2,1,3H3. The Balaban J connectivity index is 1.60. The first kappa shape index (κ1) is 18.6. The highest BCUT2D eigenvalue weighted by Gasteiger charge is 2.27. The minimum atomic E-state index is -0.118. The molecule has 3 heterocycles. The highest BCUT2D eigenvalue weighted by molar-refractivity contribution is 5.58. The van der Waals surface area contributed by atoms with Crippen molar-refractivity contribution in [2.24, 2.45) is 7.05 Å². The molecule has 0 amide bonds. The summed E-state index contributed by atoms with van der Waals surface area (Å²) in [7, 11) is 1.75. The van der Waals surface area contributed by atoms with Gasteiger partial charge in [0.15, 0.2) is 5.69 Å². The molecule has 29 heavy (non-hydrogen) atoms. The second-order valence-electron chi connectivity index (χ2n) is 7.05. The largest absolute Gasteiger partial charge is 0.368 e. The van der Waals surface area contributed by atoms with E-state index < -0.39 is 0 Å². The molecule has 8 heteroatoms. The summed E-state index contributed by atoms with van der Waals surface area (Å²) in [6.45, 7) is 11.6. The van der Waals surface area contributed by atoms with E-state index in [-0.39, 0.29) is 11.6 Å². The number of nitrogens with zero attached hydrogens (tertiary/aromatic N) is 7. The van der Waals surface area contributed by atoms with Gasteiger partial charge in [-0.05, 0) is 25.1 Å². The van der Waals surface area contributed by atoms with Crippen LogP contribution in [0.25, 0.3) is 16.2 Å². The zero-order valence-electron chi connectivity index (χ0n) is 16.4. The van der Waals surface area contributed by atoms with Gasteiger partial charge in [0, 0.05) is 50.7 Å². The van der Waals surface area contributed by atoms with E-state index in [1.807, 2.05) is 24.3 Å². The number of piperazine rings is 1. The number of hydrogen-bond acceptors (Lipinski definition) is 6. The molecule has 1 fully saturated rings. The van der Waals surface area contributed by atoms with E-state index in [0.29, 0.717) is 23.0 Å². The van der Waals surface area contributed by atoms with Gasteiger partial charge in [0.25, 0.3) is 5.56 Å². The maximum absolute atomic E-state index is 12.5. The summed E-state index contributed by atoms with van der Waals surface area (Å²) in [6.07, 6.45) is 3.09. The Morgan fingerprint density at radius 3 is 2.59 bits per heavy atom. The molecule has 4 rings (SSSR count). The summed E-state index contributed by atoms with van der Waals surface area (Å²) in [5.74, 6) is 0.640. The lowest BCUT2D eigenvalue weighted by atomic mass is 10.1. The van der Waals surface area contributed by atoms with Crippen LogP contribution in [0.5, 0.6) is 0 Å². The molecule has 3 aromatic rings. The van der Waals surface area contributed by atoms with Crippen LogP contribution in [0.15, 0.2) is 53.7 Å². The van der Waals surface area contributed by atoms with Gasteiger partial charge >= 0.3 is 0 Å². The topological polar surface area (TPSA) is 71.5 Å². The third-order valence-electron chi connectivity index (χ3n) is 5.18. The van der Waals surface area contributed by atoms with Crippen LogP contribution in [0.3, 0.4) is 0 Å². The van der Waals surface area contributed by atoms with E-state index in [0.717, 1.165) is 25.3 Å². The Labute approximate surface area is 168 Å². The predicted molar refractivity (Wildman–Crippen MR) is 112 cm³/mol. The molecule has 1 unspecified atom stereocenters. The van der Waals surface area contributed by atoms with Crippen molar-refractivity contribution in [1.82, 2.24) is 19.5 Å². The molecule has 0 aliphatic carbocycles. The fourth-order valence-electron chi connectivity index (χ4n) is 3.58. The molecule has 1 atom stereocenters. The van der Waals surface area contributed by atoms with Gasteiger partial charge in [0.2, 0.25) is 5.95 Å². The van der Waals surface area contributed by atoms with Crippen molar-refractivity contribution in [3.05, 3.63) is 70.7 Å². The first-order chi connectivity index (χ1) is 14.1. The Morgan fingerprint density at radius 1 is 1.14 bits per heavy atom. The summed E-state index contributed by atoms with van der Waals surface area (Å²) in [5, 5.41) is 0. The molecule has 1 aliphatic rings. The van der Waals surface area contributed by atoms with E-state index >= 15 is 0 Å². The molecule has 146 valence electrons. The monoisotopic (exact) mass is 387 g/mol. The lowest BCUT2D eigenvalue weighted by Crippen LogP contribution is -2.53. The predicted octanol–water partition coefficient (Wildman–Crippen LogP) is 2.50. The average Bonchev–Trinajstić information content (AvgIpc) is 2.76. The van der Waals surface area contributed by atoms with Gasteiger partial charge in [-0.15, -0.1) is 0 Å². The normalized spacial score (nSPS) is 16.5. The molecule has 2 aromatic heterocycles. The smallest absolute Gasteiger partial charge is 0.255 e. The molecular weight excluding hydrogens is 366 g/mol. The molecule has 1 aliphatic heterocycles. The summed E-state index contributed by atoms with van der Waals surface area (Å²) in [4.78, 5) is 33.3. The van der Waals surface area contributed by atoms with E-state index in [4.69, 9.17) is 11.6 Å². The van der Waals surface area contributed by atoms with Gasteiger partial charge in [-0.3, -0.25) is 9.36 Å². The van der Waals surface area contributed by atoms with Gasteiger partial charge in [-0.25, -0.2) is 19.8 Å². The van der Waals surface area contributed by atoms with Crippen LogP contribution in [-0.4, -0.2) is 45.2 Å². The van der Waals surface area contributed by atoms with Crippen molar-refractivity contribution in [2.75, 3.05) is 29.4 Å². The van der Waals surface area contributed by atoms with Crippen molar-refractivity contribution in [2.45, 2.75) is 13.0 Å². The van der Waals surface area contributed by atoms with Crippen LogP contribution < -0.4 is 15.4 Å². The number of anilines is 2. The van der Waals surface area contributed by atoms with Crippen molar-refractivity contribution in [3.8, 4) is 11.4 Å². The van der Waals surface area contributed by atoms with Crippen LogP contribution in [0, 0.1) is 6.57 Å². The lowest BCUT2D eigenvalue weighted by Gasteiger charge is -2.42. The van der Waals surface area contributed by atoms with E-state index in [1.165, 1.54) is 12.4 Å². The second kappa shape index (κ2) is 7.72. The molecule has 0 radical (unpaired) electrons. The minimum absolute atomic E-state index is 0.118. The summed E-state index contributed by atoms with van der Waals surface area (Å²) >= 11 is 0. The fourth-order valence-corrected chi connectivity index (χ4v) is 3.58. The molecule has 0 saturated carbocycles. The zero-order valence-corrected chi connectivity index (χ0v) is 16.4. The van der Waals surface area contributed by atoms with Crippen LogP contribution in [0.1, 0.15) is 6.92 Å². The first-order valence-corrected chi connectivity index (χ1v) is 9.40. The average molecular weight is 387 g/mol. The molecule has 1 aromatic carbocycles. The van der Waals surface area contributed by atoms with Gasteiger partial charge in [0.1, 0.15) is 6.33 Å². The van der Waals surface area contributed by atoms with Gasteiger partial charge in [-0.1, -0.05) is 12.1 Å². The SMILES string of the molecule is [C-]#[N+]c1ccc(N2CCN(c3nc(-c4ccncn4)cc(=O)n3C)C(C)C2)cc1. The highest BCUT2D eigenvalue weighted by atomic mass is 16.1. The molecule has 0 N–H and O–H groups in total. The maximum atomic E-state index is 12.5. The van der Waals surface area contributed by atoms with Gasteiger partial charge in [0.05, 0.1) is 18.0 Å². The molecule has 1 saturated heterocycles. The van der Waals surface area contributed by atoms with Crippen LogP contribution in [0.2, 0.25) is 0 Å². The molecule has 0 spiro atoms. The third-order valence-corrected chi connectivity index (χ3v) is 5.18. The van der Waals surface area contributed by atoms with Crippen molar-refractivity contribution in [3.63, 3.8) is 0 Å². The summed E-state index contributed by atoms with van der Waals surface area (Å²) in [6, 6.07) is 11.1. The summed E-state index contributed by atoms with van der Waals surface area (Å²) in [5.41, 5.74) is 2.80. The van der Waals surface area contributed by atoms with Crippen LogP contribution in [-0.2, 0) is 7.05 Å². The highest BCUT2D eigenvalue weighted by Crippen LogP contribution is 2.25. The number of rotatable bonds is 3. The third kappa shape index (κ3) is 3.67. The van der Waals surface area contributed by atoms with Crippen molar-refractivity contribution < 1.29 is 0 Å².